The second-order valence-electron chi connectivity index (χ2n) is 7.71. The molecule has 0 saturated carbocycles. The number of aliphatic imine (C=N–C) groups is 1. The van der Waals surface area contributed by atoms with E-state index in [9.17, 15) is 9.18 Å². The lowest BCUT2D eigenvalue weighted by Crippen LogP contribution is -2.28. The molecule has 164 valence electrons. The van der Waals surface area contributed by atoms with Crippen molar-refractivity contribution >= 4 is 34.6 Å². The van der Waals surface area contributed by atoms with Gasteiger partial charge in [-0.15, -0.1) is 0 Å². The molecular formula is C26H26FN3OS. The predicted molar refractivity (Wildman–Crippen MR) is 131 cm³/mol. The molecule has 0 bridgehead atoms. The highest BCUT2D eigenvalue weighted by Gasteiger charge is 2.32. The number of carbonyl (C=O) groups excluding carboxylic acids is 1. The van der Waals surface area contributed by atoms with Gasteiger partial charge in [-0.25, -0.2) is 9.38 Å². The quantitative estimate of drug-likeness (QED) is 0.423. The molecular weight excluding hydrogens is 421 g/mol. The number of hydrogen-bond donors (Lipinski definition) is 0. The van der Waals surface area contributed by atoms with Crippen LogP contribution in [0.1, 0.15) is 36.4 Å². The summed E-state index contributed by atoms with van der Waals surface area (Å²) < 4.78 is 15.4. The van der Waals surface area contributed by atoms with Gasteiger partial charge in [-0.05, 0) is 98.6 Å². The molecule has 0 spiro atoms. The predicted octanol–water partition coefficient (Wildman–Crippen LogP) is 6.42. The summed E-state index contributed by atoms with van der Waals surface area (Å²) in [6.45, 7) is 8.74. The normalized spacial score (nSPS) is 16.5. The van der Waals surface area contributed by atoms with E-state index in [-0.39, 0.29) is 11.7 Å². The summed E-state index contributed by atoms with van der Waals surface area (Å²) in [5.74, 6) is -0.368. The fraction of sp³-hybridized carbons (Fsp3) is 0.231. The Morgan fingerprint density at radius 3 is 2.34 bits per heavy atom. The van der Waals surface area contributed by atoms with E-state index in [1.165, 1.54) is 29.5 Å². The molecule has 1 aliphatic rings. The van der Waals surface area contributed by atoms with Gasteiger partial charge in [0.2, 0.25) is 0 Å². The Morgan fingerprint density at radius 2 is 1.72 bits per heavy atom. The van der Waals surface area contributed by atoms with Crippen LogP contribution in [0, 0.1) is 19.7 Å². The number of halogens is 1. The lowest BCUT2D eigenvalue weighted by atomic mass is 10.1. The Labute approximate surface area is 192 Å². The molecule has 1 aromatic heterocycles. The van der Waals surface area contributed by atoms with Gasteiger partial charge in [-0.1, -0.05) is 19.1 Å². The number of amides is 1. The topological polar surface area (TPSA) is 37.6 Å². The Morgan fingerprint density at radius 1 is 1.03 bits per heavy atom. The van der Waals surface area contributed by atoms with Crippen molar-refractivity contribution in [3.8, 4) is 5.69 Å². The van der Waals surface area contributed by atoms with Crippen molar-refractivity contribution in [3.05, 3.63) is 87.8 Å². The number of thioether (sulfide) groups is 1. The maximum atomic E-state index is 13.2. The second-order valence-corrected chi connectivity index (χ2v) is 8.72. The summed E-state index contributed by atoms with van der Waals surface area (Å²) in [5, 5.41) is 0.610. The lowest BCUT2D eigenvalue weighted by Gasteiger charge is -2.12. The summed E-state index contributed by atoms with van der Waals surface area (Å²) >= 11 is 1.35. The van der Waals surface area contributed by atoms with Gasteiger partial charge in [0.05, 0.1) is 10.6 Å². The zero-order valence-corrected chi connectivity index (χ0v) is 19.5. The number of benzene rings is 2. The number of amidine groups is 1. The molecule has 0 radical (unpaired) electrons. The van der Waals surface area contributed by atoms with Gasteiger partial charge in [0, 0.05) is 23.6 Å². The molecule has 4 nitrogen and oxygen atoms in total. The van der Waals surface area contributed by atoms with Gasteiger partial charge in [0.15, 0.2) is 5.17 Å². The Bertz CT molecular complexity index is 1210. The summed E-state index contributed by atoms with van der Waals surface area (Å²) in [4.78, 5) is 19.9. The molecule has 1 amide bonds. The third-order valence-electron chi connectivity index (χ3n) is 5.62. The van der Waals surface area contributed by atoms with E-state index in [2.05, 4.69) is 60.7 Å². The SMILES string of the molecule is CCc1ccc(-n2c(C)cc(/C=C3/SC(=Nc4ccc(F)cc4)N(CC)C3=O)c2C)cc1. The Kier molecular flexibility index (Phi) is 6.33. The molecule has 3 aromatic rings. The fourth-order valence-corrected chi connectivity index (χ4v) is 4.90. The van der Waals surface area contributed by atoms with E-state index >= 15 is 0 Å². The average molecular weight is 448 g/mol. The first kappa shape index (κ1) is 22.1. The number of nitrogens with zero attached hydrogens (tertiary/aromatic N) is 3. The third-order valence-corrected chi connectivity index (χ3v) is 6.62. The van der Waals surface area contributed by atoms with Crippen LogP contribution in [0.25, 0.3) is 11.8 Å². The first-order chi connectivity index (χ1) is 15.4. The molecule has 1 fully saturated rings. The van der Waals surface area contributed by atoms with Crippen LogP contribution in [0.3, 0.4) is 0 Å². The summed E-state index contributed by atoms with van der Waals surface area (Å²) in [6, 6.07) is 16.6. The van der Waals surface area contributed by atoms with Gasteiger partial charge >= 0.3 is 0 Å². The van der Waals surface area contributed by atoms with E-state index < -0.39 is 0 Å². The largest absolute Gasteiger partial charge is 0.318 e. The van der Waals surface area contributed by atoms with Gasteiger partial charge in [0.1, 0.15) is 5.82 Å². The Hall–Kier alpha value is -3.12. The number of carbonyl (C=O) groups is 1. The number of hydrogen-bond acceptors (Lipinski definition) is 3. The van der Waals surface area contributed by atoms with Crippen LogP contribution >= 0.6 is 11.8 Å². The molecule has 4 rings (SSSR count). The van der Waals surface area contributed by atoms with Crippen LogP contribution in [0.2, 0.25) is 0 Å². The van der Waals surface area contributed by atoms with Crippen molar-refractivity contribution in [2.75, 3.05) is 6.54 Å². The van der Waals surface area contributed by atoms with Gasteiger partial charge < -0.3 is 4.57 Å². The molecule has 0 N–H and O–H groups in total. The molecule has 0 atom stereocenters. The molecule has 6 heteroatoms. The lowest BCUT2D eigenvalue weighted by molar-refractivity contribution is -0.122. The van der Waals surface area contributed by atoms with Crippen molar-refractivity contribution in [1.82, 2.24) is 9.47 Å². The number of aromatic nitrogens is 1. The molecule has 0 unspecified atom stereocenters. The van der Waals surface area contributed by atoms with Gasteiger partial charge in [-0.2, -0.15) is 0 Å². The number of rotatable bonds is 5. The van der Waals surface area contributed by atoms with Crippen LogP contribution < -0.4 is 0 Å². The minimum Gasteiger partial charge on any atom is -0.318 e. The van der Waals surface area contributed by atoms with E-state index in [1.54, 1.807) is 17.0 Å². The summed E-state index contributed by atoms with van der Waals surface area (Å²) in [7, 11) is 0. The third kappa shape index (κ3) is 4.28. The zero-order valence-electron chi connectivity index (χ0n) is 18.7. The molecule has 2 heterocycles. The van der Waals surface area contributed by atoms with Crippen LogP contribution in [0.15, 0.2) is 64.5 Å². The van der Waals surface area contributed by atoms with E-state index in [0.29, 0.717) is 22.3 Å². The maximum absolute atomic E-state index is 13.2. The van der Waals surface area contributed by atoms with Gasteiger partial charge in [0.25, 0.3) is 5.91 Å². The minimum atomic E-state index is -0.309. The molecule has 1 saturated heterocycles. The molecule has 0 aliphatic carbocycles. The van der Waals surface area contributed by atoms with Crippen molar-refractivity contribution in [2.24, 2.45) is 4.99 Å². The second kappa shape index (κ2) is 9.17. The summed E-state index contributed by atoms with van der Waals surface area (Å²) in [5.41, 5.74) is 6.24. The van der Waals surface area contributed by atoms with Crippen LogP contribution in [0.4, 0.5) is 10.1 Å². The van der Waals surface area contributed by atoms with E-state index in [1.807, 2.05) is 13.0 Å². The Balaban J connectivity index is 1.67. The van der Waals surface area contributed by atoms with Crippen molar-refractivity contribution < 1.29 is 9.18 Å². The standard InChI is InChI=1S/C26H26FN3OS/c1-5-19-7-13-23(14-8-19)30-17(3)15-20(18(30)4)16-24-25(31)29(6-2)26(32-24)28-22-11-9-21(27)10-12-22/h7-16H,5-6H2,1-4H3/b24-16+,28-26?. The molecule has 2 aromatic carbocycles. The smallest absolute Gasteiger partial charge is 0.266 e. The minimum absolute atomic E-state index is 0.0598. The van der Waals surface area contributed by atoms with E-state index in [4.69, 9.17) is 0 Å². The molecule has 32 heavy (non-hydrogen) atoms. The summed E-state index contributed by atoms with van der Waals surface area (Å²) in [6.07, 6.45) is 2.96. The van der Waals surface area contributed by atoms with Crippen LogP contribution in [-0.4, -0.2) is 27.1 Å². The van der Waals surface area contributed by atoms with Crippen molar-refractivity contribution in [1.29, 1.82) is 0 Å². The van der Waals surface area contributed by atoms with E-state index in [0.717, 1.165) is 29.1 Å². The maximum Gasteiger partial charge on any atom is 0.266 e. The first-order valence-electron chi connectivity index (χ1n) is 10.7. The van der Waals surface area contributed by atoms with Crippen LogP contribution in [-0.2, 0) is 11.2 Å². The van der Waals surface area contributed by atoms with Crippen molar-refractivity contribution in [3.63, 3.8) is 0 Å². The number of aryl methyl sites for hydroxylation is 2. The monoisotopic (exact) mass is 447 g/mol. The highest BCUT2D eigenvalue weighted by Crippen LogP contribution is 2.35. The fourth-order valence-electron chi connectivity index (χ4n) is 3.85. The zero-order chi connectivity index (χ0) is 22.8. The molecule has 1 aliphatic heterocycles. The van der Waals surface area contributed by atoms with Crippen molar-refractivity contribution in [2.45, 2.75) is 34.1 Å². The van der Waals surface area contributed by atoms with Gasteiger partial charge in [-0.3, -0.25) is 9.69 Å². The van der Waals surface area contributed by atoms with Crippen LogP contribution in [0.5, 0.6) is 0 Å². The highest BCUT2D eigenvalue weighted by atomic mass is 32.2. The average Bonchev–Trinajstić information content (AvgIpc) is 3.24. The highest BCUT2D eigenvalue weighted by molar-refractivity contribution is 8.18. The number of likely N-dealkylation sites (N-methyl/N-ethyl adjacent to an activating group) is 1. The first-order valence-corrected chi connectivity index (χ1v) is 11.6.